The Morgan fingerprint density at radius 1 is 1.27 bits per heavy atom. The van der Waals surface area contributed by atoms with E-state index < -0.39 is 7.37 Å². The van der Waals surface area contributed by atoms with Crippen molar-refractivity contribution >= 4 is 18.2 Å². The number of nitrogens with one attached hydrogen (secondary N) is 2. The molecule has 1 unspecified atom stereocenters. The number of aromatic nitrogens is 2. The zero-order valence-corrected chi connectivity index (χ0v) is 8.70. The van der Waals surface area contributed by atoms with Crippen molar-refractivity contribution < 1.29 is 19.9 Å². The minimum atomic E-state index is -3.71. The van der Waals surface area contributed by atoms with Crippen LogP contribution in [0.1, 0.15) is 0 Å². The molecule has 5 nitrogen and oxygen atoms in total. The molecule has 0 saturated heterocycles. The van der Waals surface area contributed by atoms with E-state index in [4.69, 9.17) is 0 Å². The van der Waals surface area contributed by atoms with Crippen LogP contribution in [-0.4, -0.2) is 10.5 Å². The minimum absolute atomic E-state index is 0. The van der Waals surface area contributed by atoms with Gasteiger partial charge in [0.2, 0.25) is 0 Å². The third-order valence-electron chi connectivity index (χ3n) is 1.91. The molecule has 15 heavy (non-hydrogen) atoms. The third kappa shape index (κ3) is 2.15. The first-order valence-electron chi connectivity index (χ1n) is 4.13. The van der Waals surface area contributed by atoms with Crippen LogP contribution in [0.25, 0.3) is 0 Å². The molecule has 1 aromatic carbocycles. The molecular weight excluding hydrogens is 215 g/mol. The van der Waals surface area contributed by atoms with Crippen molar-refractivity contribution in [2.75, 3.05) is 0 Å². The summed E-state index contributed by atoms with van der Waals surface area (Å²) in [6.07, 6.45) is 3.09. The SMILES string of the molecule is O.O=P([O-])(c1ccccc1)c1[nH]cc[nH+]1. The van der Waals surface area contributed by atoms with Gasteiger partial charge in [-0.05, 0) is 0 Å². The van der Waals surface area contributed by atoms with E-state index in [9.17, 15) is 9.46 Å². The number of rotatable bonds is 2. The molecule has 1 aromatic heterocycles. The Labute approximate surface area is 86.6 Å². The summed E-state index contributed by atoms with van der Waals surface area (Å²) in [6, 6.07) is 8.32. The summed E-state index contributed by atoms with van der Waals surface area (Å²) >= 11 is 0. The lowest BCUT2D eigenvalue weighted by Crippen LogP contribution is -2.35. The van der Waals surface area contributed by atoms with E-state index in [1.54, 1.807) is 42.7 Å². The molecular formula is C9H11N2O3P. The van der Waals surface area contributed by atoms with Gasteiger partial charge < -0.3 is 14.9 Å². The first-order chi connectivity index (χ1) is 6.71. The van der Waals surface area contributed by atoms with Gasteiger partial charge >= 0.3 is 0 Å². The second-order valence-corrected chi connectivity index (χ2v) is 4.92. The molecule has 2 rings (SSSR count). The molecule has 0 fully saturated rings. The van der Waals surface area contributed by atoms with Crippen LogP contribution in [0.2, 0.25) is 0 Å². The number of H-pyrrole nitrogens is 2. The van der Waals surface area contributed by atoms with E-state index in [2.05, 4.69) is 9.97 Å². The Morgan fingerprint density at radius 2 is 1.93 bits per heavy atom. The van der Waals surface area contributed by atoms with E-state index in [1.165, 1.54) is 0 Å². The molecule has 80 valence electrons. The fraction of sp³-hybridized carbons (Fsp3) is 0. The van der Waals surface area contributed by atoms with Gasteiger partial charge in [0.05, 0.1) is 0 Å². The van der Waals surface area contributed by atoms with E-state index >= 15 is 0 Å². The lowest BCUT2D eigenvalue weighted by atomic mass is 10.4. The number of benzene rings is 1. The lowest BCUT2D eigenvalue weighted by molar-refractivity contribution is -0.357. The molecule has 0 spiro atoms. The van der Waals surface area contributed by atoms with Crippen LogP contribution in [0.15, 0.2) is 42.7 Å². The summed E-state index contributed by atoms with van der Waals surface area (Å²) in [5.74, 6) is 0. The van der Waals surface area contributed by atoms with Crippen LogP contribution in [-0.2, 0) is 4.57 Å². The van der Waals surface area contributed by atoms with Gasteiger partial charge in [-0.3, -0.25) is 0 Å². The first kappa shape index (κ1) is 11.7. The minimum Gasteiger partial charge on any atom is -0.787 e. The Morgan fingerprint density at radius 3 is 2.47 bits per heavy atom. The highest BCUT2D eigenvalue weighted by molar-refractivity contribution is 7.71. The van der Waals surface area contributed by atoms with Crippen molar-refractivity contribution in [1.29, 1.82) is 0 Å². The van der Waals surface area contributed by atoms with Crippen molar-refractivity contribution in [2.24, 2.45) is 0 Å². The van der Waals surface area contributed by atoms with Crippen molar-refractivity contribution in [3.8, 4) is 0 Å². The summed E-state index contributed by atoms with van der Waals surface area (Å²) in [5.41, 5.74) is 0.128. The second kappa shape index (κ2) is 4.40. The quantitative estimate of drug-likeness (QED) is 0.636. The van der Waals surface area contributed by atoms with E-state index in [0.717, 1.165) is 0 Å². The molecule has 0 aliphatic rings. The fourth-order valence-corrected chi connectivity index (χ4v) is 2.52. The van der Waals surface area contributed by atoms with Gasteiger partial charge in [-0.1, -0.05) is 30.3 Å². The van der Waals surface area contributed by atoms with E-state index in [-0.39, 0.29) is 11.0 Å². The highest BCUT2D eigenvalue weighted by atomic mass is 31.2. The Balaban J connectivity index is 0.00000112. The average molecular weight is 226 g/mol. The maximum absolute atomic E-state index is 11.9. The number of aromatic amines is 2. The monoisotopic (exact) mass is 226 g/mol. The van der Waals surface area contributed by atoms with E-state index in [0.29, 0.717) is 5.30 Å². The summed E-state index contributed by atoms with van der Waals surface area (Å²) in [5, 5.41) is 0.304. The van der Waals surface area contributed by atoms with Crippen LogP contribution in [0.3, 0.4) is 0 Å². The molecule has 4 N–H and O–H groups in total. The van der Waals surface area contributed by atoms with Crippen molar-refractivity contribution in [1.82, 2.24) is 4.98 Å². The fourth-order valence-electron chi connectivity index (χ4n) is 1.21. The molecule has 1 atom stereocenters. The second-order valence-electron chi connectivity index (χ2n) is 2.86. The van der Waals surface area contributed by atoms with Crippen LogP contribution in [0.4, 0.5) is 0 Å². The van der Waals surface area contributed by atoms with Crippen LogP contribution in [0, 0.1) is 0 Å². The van der Waals surface area contributed by atoms with Crippen LogP contribution < -0.4 is 20.7 Å². The van der Waals surface area contributed by atoms with Crippen molar-refractivity contribution in [3.63, 3.8) is 0 Å². The number of imidazole rings is 1. The Hall–Kier alpha value is -1.42. The first-order valence-corrected chi connectivity index (χ1v) is 5.76. The van der Waals surface area contributed by atoms with Gasteiger partial charge in [0.1, 0.15) is 12.4 Å². The highest BCUT2D eigenvalue weighted by Crippen LogP contribution is 2.29. The van der Waals surface area contributed by atoms with Crippen molar-refractivity contribution in [2.45, 2.75) is 0 Å². The average Bonchev–Trinajstić information content (AvgIpc) is 2.72. The maximum Gasteiger partial charge on any atom is 0.300 e. The van der Waals surface area contributed by atoms with Crippen molar-refractivity contribution in [3.05, 3.63) is 42.7 Å². The predicted octanol–water partition coefficient (Wildman–Crippen LogP) is -1.41. The molecule has 0 bridgehead atoms. The molecule has 2 aromatic rings. The van der Waals surface area contributed by atoms with Gasteiger partial charge in [-0.15, -0.1) is 0 Å². The molecule has 0 saturated carbocycles. The molecule has 0 radical (unpaired) electrons. The number of hydrogen-bond acceptors (Lipinski definition) is 2. The summed E-state index contributed by atoms with van der Waals surface area (Å²) < 4.78 is 11.9. The van der Waals surface area contributed by atoms with Gasteiger partial charge in [-0.2, -0.15) is 0 Å². The van der Waals surface area contributed by atoms with Crippen LogP contribution >= 0.6 is 7.37 Å². The van der Waals surface area contributed by atoms with Gasteiger partial charge in [-0.25, -0.2) is 9.97 Å². The Bertz CT molecular complexity index is 455. The van der Waals surface area contributed by atoms with Gasteiger partial charge in [0, 0.05) is 5.30 Å². The maximum atomic E-state index is 11.9. The number of hydrogen-bond donors (Lipinski definition) is 1. The normalized spacial score (nSPS) is 13.9. The van der Waals surface area contributed by atoms with Crippen LogP contribution in [0.5, 0.6) is 0 Å². The Kier molecular flexibility index (Phi) is 3.42. The van der Waals surface area contributed by atoms with Gasteiger partial charge in [0.15, 0.2) is 7.37 Å². The predicted molar refractivity (Wildman–Crippen MR) is 54.3 cm³/mol. The molecule has 0 amide bonds. The molecule has 1 heterocycles. The standard InChI is InChI=1S/C9H9N2O2P.H2O/c12-14(13,9-10-6-7-11-9)8-4-2-1-3-5-8;/h1-7H,(H,10,11)(H,12,13);1H2. The summed E-state index contributed by atoms with van der Waals surface area (Å²) in [7, 11) is -3.71. The molecule has 0 aliphatic heterocycles. The molecule has 0 aliphatic carbocycles. The zero-order valence-electron chi connectivity index (χ0n) is 7.81. The highest BCUT2D eigenvalue weighted by Gasteiger charge is 2.21. The smallest absolute Gasteiger partial charge is 0.300 e. The zero-order chi connectivity index (χ0) is 10.0. The topological polar surface area (TPSA) is 102 Å². The summed E-state index contributed by atoms with van der Waals surface area (Å²) in [6.45, 7) is 0. The summed E-state index contributed by atoms with van der Waals surface area (Å²) in [4.78, 5) is 17.1. The molecule has 6 heteroatoms. The third-order valence-corrected chi connectivity index (χ3v) is 3.74. The van der Waals surface area contributed by atoms with E-state index in [1.807, 2.05) is 0 Å². The lowest BCUT2D eigenvalue weighted by Gasteiger charge is -2.16. The van der Waals surface area contributed by atoms with Gasteiger partial charge in [0.25, 0.3) is 5.57 Å². The largest absolute Gasteiger partial charge is 0.787 e.